The standard InChI is InChI=1S/C11H13N3O/c1-2-3-9-4-6-10(7-5-9)11(15)8-13-14-12/h4-7H,2-3,8H2,1H3. The summed E-state index contributed by atoms with van der Waals surface area (Å²) in [5, 5.41) is 3.24. The van der Waals surface area contributed by atoms with Crippen molar-refractivity contribution in [2.75, 3.05) is 6.54 Å². The molecule has 1 aromatic carbocycles. The summed E-state index contributed by atoms with van der Waals surface area (Å²) >= 11 is 0. The topological polar surface area (TPSA) is 65.8 Å². The predicted molar refractivity (Wildman–Crippen MR) is 58.8 cm³/mol. The molecule has 0 saturated heterocycles. The van der Waals surface area contributed by atoms with Crippen molar-refractivity contribution in [3.63, 3.8) is 0 Å². The highest BCUT2D eigenvalue weighted by atomic mass is 16.1. The van der Waals surface area contributed by atoms with Gasteiger partial charge in [0.1, 0.15) is 0 Å². The quantitative estimate of drug-likeness (QED) is 0.314. The number of ketones is 1. The molecule has 0 spiro atoms. The number of hydrogen-bond donors (Lipinski definition) is 0. The van der Waals surface area contributed by atoms with E-state index in [2.05, 4.69) is 16.9 Å². The van der Waals surface area contributed by atoms with E-state index in [4.69, 9.17) is 5.53 Å². The van der Waals surface area contributed by atoms with Gasteiger partial charge in [-0.1, -0.05) is 42.7 Å². The van der Waals surface area contributed by atoms with Crippen molar-refractivity contribution in [2.24, 2.45) is 5.11 Å². The third-order valence-electron chi connectivity index (χ3n) is 2.09. The molecule has 0 N–H and O–H groups in total. The Labute approximate surface area is 88.6 Å². The lowest BCUT2D eigenvalue weighted by molar-refractivity contribution is 0.100. The zero-order chi connectivity index (χ0) is 11.1. The summed E-state index contributed by atoms with van der Waals surface area (Å²) in [6, 6.07) is 7.43. The molecular weight excluding hydrogens is 190 g/mol. The highest BCUT2D eigenvalue weighted by Crippen LogP contribution is 2.07. The van der Waals surface area contributed by atoms with E-state index in [0.717, 1.165) is 12.8 Å². The zero-order valence-corrected chi connectivity index (χ0v) is 8.68. The maximum Gasteiger partial charge on any atom is 0.168 e. The monoisotopic (exact) mass is 203 g/mol. The summed E-state index contributed by atoms with van der Waals surface area (Å²) in [6.45, 7) is 2.00. The van der Waals surface area contributed by atoms with Crippen LogP contribution in [0.4, 0.5) is 0 Å². The normalized spacial score (nSPS) is 9.40. The van der Waals surface area contributed by atoms with Gasteiger partial charge in [-0.25, -0.2) is 0 Å². The molecule has 0 fully saturated rings. The van der Waals surface area contributed by atoms with E-state index in [0.29, 0.717) is 5.56 Å². The number of azide groups is 1. The zero-order valence-electron chi connectivity index (χ0n) is 8.68. The van der Waals surface area contributed by atoms with Gasteiger partial charge in [-0.3, -0.25) is 4.79 Å². The van der Waals surface area contributed by atoms with Crippen LogP contribution in [-0.4, -0.2) is 12.3 Å². The molecule has 0 bridgehead atoms. The average molecular weight is 203 g/mol. The summed E-state index contributed by atoms with van der Waals surface area (Å²) in [6.07, 6.45) is 2.11. The Morgan fingerprint density at radius 2 is 2.07 bits per heavy atom. The Balaban J connectivity index is 2.70. The van der Waals surface area contributed by atoms with Crippen molar-refractivity contribution in [1.82, 2.24) is 0 Å². The molecular formula is C11H13N3O. The molecule has 0 unspecified atom stereocenters. The second-order valence-electron chi connectivity index (χ2n) is 3.26. The Hall–Kier alpha value is -1.80. The van der Waals surface area contributed by atoms with Crippen LogP contribution in [0.1, 0.15) is 29.3 Å². The number of nitrogens with zero attached hydrogens (tertiary/aromatic N) is 3. The van der Waals surface area contributed by atoms with E-state index in [1.165, 1.54) is 5.56 Å². The maximum atomic E-state index is 11.4. The molecule has 0 heterocycles. The lowest BCUT2D eigenvalue weighted by atomic mass is 10.1. The van der Waals surface area contributed by atoms with Gasteiger partial charge >= 0.3 is 0 Å². The average Bonchev–Trinajstić information content (AvgIpc) is 2.27. The lowest BCUT2D eigenvalue weighted by Crippen LogP contribution is -2.02. The van der Waals surface area contributed by atoms with Gasteiger partial charge in [-0.15, -0.1) is 0 Å². The van der Waals surface area contributed by atoms with Gasteiger partial charge in [0.05, 0.1) is 6.54 Å². The Kier molecular flexibility index (Phi) is 4.38. The second kappa shape index (κ2) is 5.83. The predicted octanol–water partition coefficient (Wildman–Crippen LogP) is 3.13. The van der Waals surface area contributed by atoms with Crippen molar-refractivity contribution < 1.29 is 4.79 Å². The van der Waals surface area contributed by atoms with Gasteiger partial charge < -0.3 is 0 Å². The molecule has 0 aromatic heterocycles. The van der Waals surface area contributed by atoms with Crippen LogP contribution < -0.4 is 0 Å². The number of aryl methyl sites for hydroxylation is 1. The first-order valence-electron chi connectivity index (χ1n) is 4.91. The summed E-state index contributed by atoms with van der Waals surface area (Å²) in [4.78, 5) is 14.0. The number of hydrogen-bond acceptors (Lipinski definition) is 2. The number of rotatable bonds is 5. The SMILES string of the molecule is CCCc1ccc(C(=O)CN=[N+]=[N-])cc1. The molecule has 0 amide bonds. The van der Waals surface area contributed by atoms with Gasteiger partial charge in [0.15, 0.2) is 5.78 Å². The van der Waals surface area contributed by atoms with Crippen molar-refractivity contribution in [2.45, 2.75) is 19.8 Å². The van der Waals surface area contributed by atoms with Crippen LogP contribution in [0.25, 0.3) is 10.4 Å². The van der Waals surface area contributed by atoms with E-state index in [1.54, 1.807) is 12.1 Å². The minimum Gasteiger partial charge on any atom is -0.294 e. The molecule has 0 aliphatic rings. The van der Waals surface area contributed by atoms with Crippen molar-refractivity contribution in [3.8, 4) is 0 Å². The van der Waals surface area contributed by atoms with E-state index >= 15 is 0 Å². The largest absolute Gasteiger partial charge is 0.294 e. The number of Topliss-reactive ketones (excluding diaryl/α,β-unsaturated/α-hetero) is 1. The third kappa shape index (κ3) is 3.44. The molecule has 4 heteroatoms. The van der Waals surface area contributed by atoms with Crippen LogP contribution in [0.5, 0.6) is 0 Å². The highest BCUT2D eigenvalue weighted by molar-refractivity contribution is 5.97. The van der Waals surface area contributed by atoms with Gasteiger partial charge in [-0.2, -0.15) is 0 Å². The first-order chi connectivity index (χ1) is 7.27. The van der Waals surface area contributed by atoms with Crippen LogP contribution in [0.3, 0.4) is 0 Å². The summed E-state index contributed by atoms with van der Waals surface area (Å²) in [5.41, 5.74) is 9.90. The number of carbonyl (C=O) groups excluding carboxylic acids is 1. The molecule has 0 atom stereocenters. The summed E-state index contributed by atoms with van der Waals surface area (Å²) < 4.78 is 0. The molecule has 1 rings (SSSR count). The molecule has 0 aliphatic carbocycles. The van der Waals surface area contributed by atoms with Gasteiger partial charge in [0.2, 0.25) is 0 Å². The maximum absolute atomic E-state index is 11.4. The minimum absolute atomic E-state index is 0.108. The Morgan fingerprint density at radius 3 is 2.60 bits per heavy atom. The van der Waals surface area contributed by atoms with E-state index in [-0.39, 0.29) is 12.3 Å². The fourth-order valence-corrected chi connectivity index (χ4v) is 1.33. The molecule has 0 aliphatic heterocycles. The molecule has 0 saturated carbocycles. The summed E-state index contributed by atoms with van der Waals surface area (Å²) in [5.74, 6) is -0.143. The first kappa shape index (κ1) is 11.3. The molecule has 78 valence electrons. The summed E-state index contributed by atoms with van der Waals surface area (Å²) in [7, 11) is 0. The van der Waals surface area contributed by atoms with E-state index in [1.807, 2.05) is 12.1 Å². The fraction of sp³-hybridized carbons (Fsp3) is 0.364. The highest BCUT2D eigenvalue weighted by Gasteiger charge is 2.03. The van der Waals surface area contributed by atoms with Crippen LogP contribution in [0, 0.1) is 0 Å². The molecule has 0 radical (unpaired) electrons. The first-order valence-corrected chi connectivity index (χ1v) is 4.91. The molecule has 1 aromatic rings. The van der Waals surface area contributed by atoms with Crippen LogP contribution >= 0.6 is 0 Å². The Bertz CT molecular complexity index is 377. The molecule has 15 heavy (non-hydrogen) atoms. The van der Waals surface area contributed by atoms with Crippen molar-refractivity contribution in [1.29, 1.82) is 0 Å². The van der Waals surface area contributed by atoms with Crippen molar-refractivity contribution >= 4 is 5.78 Å². The van der Waals surface area contributed by atoms with Gasteiger partial charge in [0.25, 0.3) is 0 Å². The van der Waals surface area contributed by atoms with Crippen molar-refractivity contribution in [3.05, 3.63) is 45.8 Å². The second-order valence-corrected chi connectivity index (χ2v) is 3.26. The van der Waals surface area contributed by atoms with E-state index < -0.39 is 0 Å². The number of benzene rings is 1. The minimum atomic E-state index is -0.143. The van der Waals surface area contributed by atoms with E-state index in [9.17, 15) is 4.79 Å². The lowest BCUT2D eigenvalue weighted by Gasteiger charge is -2.00. The smallest absolute Gasteiger partial charge is 0.168 e. The third-order valence-corrected chi connectivity index (χ3v) is 2.09. The molecule has 4 nitrogen and oxygen atoms in total. The van der Waals surface area contributed by atoms with Gasteiger partial charge in [-0.05, 0) is 17.5 Å². The van der Waals surface area contributed by atoms with Crippen LogP contribution in [0.15, 0.2) is 29.4 Å². The van der Waals surface area contributed by atoms with Crippen LogP contribution in [-0.2, 0) is 6.42 Å². The number of carbonyl (C=O) groups is 1. The Morgan fingerprint density at radius 1 is 1.40 bits per heavy atom. The van der Waals surface area contributed by atoms with Gasteiger partial charge in [0, 0.05) is 10.5 Å². The fourth-order valence-electron chi connectivity index (χ4n) is 1.33. The van der Waals surface area contributed by atoms with Crippen LogP contribution in [0.2, 0.25) is 0 Å².